The molecule has 1 N–H and O–H groups in total. The van der Waals surface area contributed by atoms with Crippen LogP contribution in [0, 0.1) is 0 Å². The second kappa shape index (κ2) is 5.71. The molecular weight excluding hydrogens is 286 g/mol. The van der Waals surface area contributed by atoms with Crippen LogP contribution in [0.1, 0.15) is 6.92 Å². The number of anilines is 1. The summed E-state index contributed by atoms with van der Waals surface area (Å²) in [4.78, 5) is 27.1. The van der Waals surface area contributed by atoms with Gasteiger partial charge in [-0.1, -0.05) is 11.6 Å². The van der Waals surface area contributed by atoms with E-state index < -0.39 is 6.03 Å². The molecule has 0 aromatic heterocycles. The minimum absolute atomic E-state index is 0.325. The van der Waals surface area contributed by atoms with E-state index in [4.69, 9.17) is 11.6 Å². The molecule has 1 aliphatic rings. The number of hydrogen-bond acceptors (Lipinski definition) is 3. The van der Waals surface area contributed by atoms with Crippen molar-refractivity contribution in [3.8, 4) is 0 Å². The van der Waals surface area contributed by atoms with E-state index in [2.05, 4.69) is 5.32 Å². The zero-order chi connectivity index (χ0) is 14.0. The molecule has 0 radical (unpaired) electrons. The zero-order valence-corrected chi connectivity index (χ0v) is 12.2. The molecule has 7 heteroatoms. The van der Waals surface area contributed by atoms with Gasteiger partial charge < -0.3 is 5.32 Å². The Balaban J connectivity index is 2.32. The first-order chi connectivity index (χ1) is 9.08. The zero-order valence-electron chi connectivity index (χ0n) is 10.6. The van der Waals surface area contributed by atoms with Crippen LogP contribution in [0.25, 0.3) is 0 Å². The molecule has 0 spiro atoms. The van der Waals surface area contributed by atoms with Gasteiger partial charge in [-0.2, -0.15) is 0 Å². The van der Waals surface area contributed by atoms with E-state index in [0.29, 0.717) is 17.3 Å². The van der Waals surface area contributed by atoms with Gasteiger partial charge in [0.15, 0.2) is 5.50 Å². The lowest BCUT2D eigenvalue weighted by Crippen LogP contribution is -2.64. The second-order valence-corrected chi connectivity index (χ2v) is 5.27. The van der Waals surface area contributed by atoms with E-state index >= 15 is 0 Å². The van der Waals surface area contributed by atoms with Gasteiger partial charge >= 0.3 is 12.1 Å². The van der Waals surface area contributed by atoms with Gasteiger partial charge in [0.25, 0.3) is 0 Å². The monoisotopic (exact) mass is 299 g/mol. The van der Waals surface area contributed by atoms with Gasteiger partial charge in [-0.25, -0.2) is 14.5 Å². The van der Waals surface area contributed by atoms with E-state index in [1.807, 2.05) is 13.2 Å². The summed E-state index contributed by atoms with van der Waals surface area (Å²) < 4.78 is 0. The van der Waals surface area contributed by atoms with Gasteiger partial charge in [-0.05, 0) is 37.4 Å². The Kier molecular flexibility index (Phi) is 4.21. The minimum Gasteiger partial charge on any atom is -0.308 e. The Hall–Kier alpha value is -1.40. The van der Waals surface area contributed by atoms with Gasteiger partial charge in [0, 0.05) is 11.6 Å². The Bertz CT molecular complexity index is 494. The molecule has 1 unspecified atom stereocenters. The highest BCUT2D eigenvalue weighted by Crippen LogP contribution is 2.24. The summed E-state index contributed by atoms with van der Waals surface area (Å²) in [5, 5.41) is 3.34. The van der Waals surface area contributed by atoms with Crippen molar-refractivity contribution >= 4 is 41.1 Å². The summed E-state index contributed by atoms with van der Waals surface area (Å²) in [5.74, 6) is 0. The number of imide groups is 1. The third kappa shape index (κ3) is 2.64. The molecule has 102 valence electrons. The summed E-state index contributed by atoms with van der Waals surface area (Å²) in [6.45, 7) is 2.40. The lowest BCUT2D eigenvalue weighted by atomic mass is 10.3. The number of benzene rings is 1. The molecule has 19 heavy (non-hydrogen) atoms. The third-order valence-corrected chi connectivity index (χ3v) is 3.89. The molecule has 1 heterocycles. The van der Waals surface area contributed by atoms with Gasteiger partial charge in [0.2, 0.25) is 0 Å². The molecule has 1 fully saturated rings. The van der Waals surface area contributed by atoms with Gasteiger partial charge in [0.1, 0.15) is 0 Å². The van der Waals surface area contributed by atoms with Crippen LogP contribution in [0.4, 0.5) is 15.3 Å². The number of rotatable bonds is 3. The number of nitrogens with zero attached hydrogens (tertiary/aromatic N) is 2. The molecule has 0 aliphatic carbocycles. The number of amides is 4. The maximum atomic E-state index is 12.4. The van der Waals surface area contributed by atoms with Crippen molar-refractivity contribution in [2.45, 2.75) is 12.4 Å². The predicted molar refractivity (Wildman–Crippen MR) is 77.5 cm³/mol. The molecule has 5 nitrogen and oxygen atoms in total. The SMILES string of the molecule is CCN1C(=O)N(c2ccc(Cl)cc2)C(=O)NC1SC. The Morgan fingerprint density at radius 1 is 1.32 bits per heavy atom. The van der Waals surface area contributed by atoms with Crippen LogP contribution >= 0.6 is 23.4 Å². The Labute approximate surface area is 120 Å². The van der Waals surface area contributed by atoms with Crippen LogP contribution in [0.2, 0.25) is 5.02 Å². The predicted octanol–water partition coefficient (Wildman–Crippen LogP) is 2.96. The standard InChI is InChI=1S/C12H14ClN3O2S/c1-3-15-11(19-2)14-10(17)16(12(15)18)9-6-4-8(13)5-7-9/h4-7,11H,3H2,1-2H3,(H,14,17). The van der Waals surface area contributed by atoms with Crippen molar-refractivity contribution in [3.63, 3.8) is 0 Å². The normalized spacial score (nSPS) is 19.6. The minimum atomic E-state index is -0.420. The van der Waals surface area contributed by atoms with Crippen molar-refractivity contribution in [1.82, 2.24) is 10.2 Å². The number of urea groups is 2. The van der Waals surface area contributed by atoms with E-state index in [0.717, 1.165) is 4.90 Å². The van der Waals surface area contributed by atoms with Gasteiger partial charge in [-0.3, -0.25) is 4.90 Å². The van der Waals surface area contributed by atoms with E-state index in [9.17, 15) is 9.59 Å². The molecule has 1 aliphatic heterocycles. The highest BCUT2D eigenvalue weighted by Gasteiger charge is 2.37. The number of carbonyl (C=O) groups excluding carboxylic acids is 2. The van der Waals surface area contributed by atoms with E-state index in [1.54, 1.807) is 29.2 Å². The number of halogens is 1. The fourth-order valence-electron chi connectivity index (χ4n) is 1.87. The Morgan fingerprint density at radius 2 is 1.95 bits per heavy atom. The molecular formula is C12H14ClN3O2S. The molecule has 1 aromatic rings. The fourth-order valence-corrected chi connectivity index (χ4v) is 2.71. The Morgan fingerprint density at radius 3 is 2.47 bits per heavy atom. The summed E-state index contributed by atoms with van der Waals surface area (Å²) in [7, 11) is 0. The van der Waals surface area contributed by atoms with E-state index in [-0.39, 0.29) is 11.5 Å². The molecule has 0 saturated carbocycles. The average Bonchev–Trinajstić information content (AvgIpc) is 2.40. The van der Waals surface area contributed by atoms with Crippen LogP contribution < -0.4 is 10.2 Å². The second-order valence-electron chi connectivity index (χ2n) is 3.92. The molecule has 4 amide bonds. The first-order valence-corrected chi connectivity index (χ1v) is 7.44. The van der Waals surface area contributed by atoms with Crippen LogP contribution in [-0.2, 0) is 0 Å². The van der Waals surface area contributed by atoms with Gasteiger partial charge in [-0.15, -0.1) is 11.8 Å². The number of thioether (sulfide) groups is 1. The van der Waals surface area contributed by atoms with Crippen molar-refractivity contribution in [2.75, 3.05) is 17.7 Å². The highest BCUT2D eigenvalue weighted by molar-refractivity contribution is 7.99. The quantitative estimate of drug-likeness (QED) is 0.933. The largest absolute Gasteiger partial charge is 0.335 e. The lowest BCUT2D eigenvalue weighted by Gasteiger charge is -2.39. The average molecular weight is 300 g/mol. The summed E-state index contributed by atoms with van der Waals surface area (Å²) >= 11 is 7.22. The van der Waals surface area contributed by atoms with Crippen molar-refractivity contribution in [3.05, 3.63) is 29.3 Å². The molecule has 1 saturated heterocycles. The highest BCUT2D eigenvalue weighted by atomic mass is 35.5. The van der Waals surface area contributed by atoms with Crippen LogP contribution in [-0.4, -0.2) is 35.3 Å². The van der Waals surface area contributed by atoms with Crippen LogP contribution in [0.3, 0.4) is 0 Å². The van der Waals surface area contributed by atoms with Crippen molar-refractivity contribution < 1.29 is 9.59 Å². The van der Waals surface area contributed by atoms with Crippen molar-refractivity contribution in [2.24, 2.45) is 0 Å². The van der Waals surface area contributed by atoms with Crippen molar-refractivity contribution in [1.29, 1.82) is 0 Å². The van der Waals surface area contributed by atoms with Crippen LogP contribution in [0.15, 0.2) is 24.3 Å². The maximum Gasteiger partial charge on any atom is 0.335 e. The van der Waals surface area contributed by atoms with E-state index in [1.165, 1.54) is 11.8 Å². The number of carbonyl (C=O) groups is 2. The third-order valence-electron chi connectivity index (χ3n) is 2.82. The first-order valence-electron chi connectivity index (χ1n) is 5.78. The first kappa shape index (κ1) is 14.0. The molecule has 1 aromatic carbocycles. The van der Waals surface area contributed by atoms with Gasteiger partial charge in [0.05, 0.1) is 5.69 Å². The smallest absolute Gasteiger partial charge is 0.308 e. The fraction of sp³-hybridized carbons (Fsp3) is 0.333. The molecule has 2 rings (SSSR count). The lowest BCUT2D eigenvalue weighted by molar-refractivity contribution is 0.181. The number of hydrogen-bond donors (Lipinski definition) is 1. The topological polar surface area (TPSA) is 52.7 Å². The summed E-state index contributed by atoms with van der Waals surface area (Å²) in [5.41, 5.74) is 0.179. The molecule has 0 bridgehead atoms. The van der Waals surface area contributed by atoms with Crippen LogP contribution in [0.5, 0.6) is 0 Å². The summed E-state index contributed by atoms with van der Waals surface area (Å²) in [6, 6.07) is 5.84. The summed E-state index contributed by atoms with van der Waals surface area (Å²) in [6.07, 6.45) is 1.85. The number of nitrogens with one attached hydrogen (secondary N) is 1. The maximum absolute atomic E-state index is 12.4. The molecule has 1 atom stereocenters.